The topological polar surface area (TPSA) is 34.0 Å². The minimum atomic E-state index is 0.514. The van der Waals surface area contributed by atoms with E-state index in [0.29, 0.717) is 6.04 Å². The zero-order chi connectivity index (χ0) is 12.4. The largest absolute Gasteiger partial charge is 0.316 e. The van der Waals surface area contributed by atoms with Crippen LogP contribution in [0.25, 0.3) is 0 Å². The van der Waals surface area contributed by atoms with Crippen molar-refractivity contribution in [2.45, 2.75) is 58.0 Å². The Labute approximate surface area is 109 Å². The monoisotopic (exact) mass is 248 g/mol. The molecule has 1 atom stereocenters. The molecule has 0 amide bonds. The number of piperidine rings is 1. The molecule has 1 aromatic heterocycles. The van der Waals surface area contributed by atoms with Crippen molar-refractivity contribution in [3.63, 3.8) is 0 Å². The highest BCUT2D eigenvalue weighted by atomic mass is 15.3. The Hall–Kier alpha value is -0.900. The van der Waals surface area contributed by atoms with Crippen molar-refractivity contribution in [2.24, 2.45) is 5.92 Å². The second-order valence-electron chi connectivity index (χ2n) is 5.83. The number of nitrogens with zero attached hydrogens (tertiary/aromatic N) is 4. The fourth-order valence-corrected chi connectivity index (χ4v) is 3.08. The second-order valence-corrected chi connectivity index (χ2v) is 5.83. The number of hydrogen-bond acceptors (Lipinski definition) is 3. The summed E-state index contributed by atoms with van der Waals surface area (Å²) in [4.78, 5) is 2.61. The Morgan fingerprint density at radius 3 is 2.94 bits per heavy atom. The number of aromatic nitrogens is 3. The van der Waals surface area contributed by atoms with Crippen LogP contribution in [0.2, 0.25) is 0 Å². The highest BCUT2D eigenvalue weighted by Crippen LogP contribution is 2.34. The molecular weight excluding hydrogens is 224 g/mol. The van der Waals surface area contributed by atoms with Crippen LogP contribution in [0.5, 0.6) is 0 Å². The summed E-state index contributed by atoms with van der Waals surface area (Å²) in [6.45, 7) is 5.83. The van der Waals surface area contributed by atoms with Gasteiger partial charge in [0.15, 0.2) is 0 Å². The van der Waals surface area contributed by atoms with Gasteiger partial charge in [-0.15, -0.1) is 10.2 Å². The van der Waals surface area contributed by atoms with Gasteiger partial charge in [0.1, 0.15) is 12.2 Å². The van der Waals surface area contributed by atoms with E-state index >= 15 is 0 Å². The number of rotatable bonds is 5. The standard InChI is InChI=1S/C14H24N4/c1-2-8-17-9-4-3-5-13(17)14-16-15-11-18(14)10-12-6-7-12/h11-13H,2-10H2,1H3/t13-/m1/s1. The quantitative estimate of drug-likeness (QED) is 0.803. The molecule has 0 spiro atoms. The van der Waals surface area contributed by atoms with Crippen molar-refractivity contribution in [3.05, 3.63) is 12.2 Å². The Bertz CT molecular complexity index is 381. The average Bonchev–Trinajstić information content (AvgIpc) is 3.08. The van der Waals surface area contributed by atoms with Gasteiger partial charge in [0.05, 0.1) is 6.04 Å². The average molecular weight is 248 g/mol. The summed E-state index contributed by atoms with van der Waals surface area (Å²) < 4.78 is 2.32. The van der Waals surface area contributed by atoms with Crippen molar-refractivity contribution in [2.75, 3.05) is 13.1 Å². The first-order valence-corrected chi connectivity index (χ1v) is 7.50. The Balaban J connectivity index is 1.75. The number of hydrogen-bond donors (Lipinski definition) is 0. The summed E-state index contributed by atoms with van der Waals surface area (Å²) >= 11 is 0. The van der Waals surface area contributed by atoms with Gasteiger partial charge < -0.3 is 4.57 Å². The van der Waals surface area contributed by atoms with Gasteiger partial charge in [-0.2, -0.15) is 0 Å². The van der Waals surface area contributed by atoms with E-state index in [4.69, 9.17) is 0 Å². The molecule has 2 fully saturated rings. The van der Waals surface area contributed by atoms with Crippen molar-refractivity contribution in [3.8, 4) is 0 Å². The SMILES string of the molecule is CCCN1CCCC[C@@H]1c1nncn1CC1CC1. The molecule has 1 aliphatic heterocycles. The minimum absolute atomic E-state index is 0.514. The normalized spacial score (nSPS) is 25.5. The maximum Gasteiger partial charge on any atom is 0.150 e. The maximum absolute atomic E-state index is 4.42. The molecule has 1 saturated heterocycles. The molecule has 0 bridgehead atoms. The second kappa shape index (κ2) is 5.39. The first kappa shape index (κ1) is 12.2. The summed E-state index contributed by atoms with van der Waals surface area (Å²) in [6.07, 6.45) is 9.87. The van der Waals surface area contributed by atoms with Crippen molar-refractivity contribution < 1.29 is 0 Å². The molecule has 4 heteroatoms. The molecule has 4 nitrogen and oxygen atoms in total. The van der Waals surface area contributed by atoms with E-state index in [1.54, 1.807) is 0 Å². The van der Waals surface area contributed by atoms with E-state index in [0.717, 1.165) is 12.5 Å². The van der Waals surface area contributed by atoms with Crippen LogP contribution >= 0.6 is 0 Å². The molecule has 1 aromatic rings. The molecule has 0 radical (unpaired) electrons. The van der Waals surface area contributed by atoms with Crippen LogP contribution in [0.1, 0.15) is 57.3 Å². The first-order chi connectivity index (χ1) is 8.88. The predicted octanol–water partition coefficient (Wildman–Crippen LogP) is 2.63. The lowest BCUT2D eigenvalue weighted by Gasteiger charge is -2.34. The van der Waals surface area contributed by atoms with Gasteiger partial charge in [-0.3, -0.25) is 4.90 Å². The van der Waals surface area contributed by atoms with Crippen LogP contribution in [0.4, 0.5) is 0 Å². The maximum atomic E-state index is 4.42. The smallest absolute Gasteiger partial charge is 0.150 e. The minimum Gasteiger partial charge on any atom is -0.316 e. The molecule has 0 aromatic carbocycles. The van der Waals surface area contributed by atoms with E-state index < -0.39 is 0 Å². The molecular formula is C14H24N4. The summed E-state index contributed by atoms with van der Waals surface area (Å²) in [5.41, 5.74) is 0. The van der Waals surface area contributed by atoms with Gasteiger partial charge in [0.2, 0.25) is 0 Å². The molecule has 0 unspecified atom stereocenters. The van der Waals surface area contributed by atoms with Crippen LogP contribution in [-0.4, -0.2) is 32.8 Å². The third-order valence-corrected chi connectivity index (χ3v) is 4.22. The van der Waals surface area contributed by atoms with Crippen LogP contribution in [0.3, 0.4) is 0 Å². The van der Waals surface area contributed by atoms with Gasteiger partial charge in [0.25, 0.3) is 0 Å². The fourth-order valence-electron chi connectivity index (χ4n) is 3.08. The highest BCUT2D eigenvalue weighted by Gasteiger charge is 2.29. The molecule has 18 heavy (non-hydrogen) atoms. The van der Waals surface area contributed by atoms with Crippen molar-refractivity contribution in [1.29, 1.82) is 0 Å². The van der Waals surface area contributed by atoms with Gasteiger partial charge in [-0.25, -0.2) is 0 Å². The third-order valence-electron chi connectivity index (χ3n) is 4.22. The van der Waals surface area contributed by atoms with Gasteiger partial charge in [-0.1, -0.05) is 13.3 Å². The molecule has 0 N–H and O–H groups in total. The third kappa shape index (κ3) is 2.58. The lowest BCUT2D eigenvalue weighted by Crippen LogP contribution is -2.35. The van der Waals surface area contributed by atoms with Crippen molar-refractivity contribution in [1.82, 2.24) is 19.7 Å². The van der Waals surface area contributed by atoms with E-state index in [-0.39, 0.29) is 0 Å². The molecule has 100 valence electrons. The Morgan fingerprint density at radius 1 is 1.28 bits per heavy atom. The van der Waals surface area contributed by atoms with E-state index in [2.05, 4.69) is 26.6 Å². The molecule has 3 rings (SSSR count). The molecule has 1 aliphatic carbocycles. The zero-order valence-electron chi connectivity index (χ0n) is 11.4. The summed E-state index contributed by atoms with van der Waals surface area (Å²) in [5.74, 6) is 2.11. The first-order valence-electron chi connectivity index (χ1n) is 7.50. The van der Waals surface area contributed by atoms with E-state index in [9.17, 15) is 0 Å². The van der Waals surface area contributed by atoms with Crippen LogP contribution in [0.15, 0.2) is 6.33 Å². The summed E-state index contributed by atoms with van der Waals surface area (Å²) in [5, 5.41) is 8.58. The van der Waals surface area contributed by atoms with Gasteiger partial charge in [0, 0.05) is 6.54 Å². The summed E-state index contributed by atoms with van der Waals surface area (Å²) in [6, 6.07) is 0.514. The number of likely N-dealkylation sites (tertiary alicyclic amines) is 1. The Kier molecular flexibility index (Phi) is 3.64. The fraction of sp³-hybridized carbons (Fsp3) is 0.857. The zero-order valence-corrected chi connectivity index (χ0v) is 11.4. The van der Waals surface area contributed by atoms with Gasteiger partial charge in [-0.05, 0) is 51.1 Å². The highest BCUT2D eigenvalue weighted by molar-refractivity contribution is 4.99. The van der Waals surface area contributed by atoms with Crippen molar-refractivity contribution >= 4 is 0 Å². The Morgan fingerprint density at radius 2 is 2.17 bits per heavy atom. The lowest BCUT2D eigenvalue weighted by molar-refractivity contribution is 0.138. The van der Waals surface area contributed by atoms with Crippen LogP contribution in [-0.2, 0) is 6.54 Å². The lowest BCUT2D eigenvalue weighted by atomic mass is 10.0. The predicted molar refractivity (Wildman–Crippen MR) is 71.2 cm³/mol. The molecule has 1 saturated carbocycles. The van der Waals surface area contributed by atoms with E-state index in [1.807, 2.05) is 6.33 Å². The van der Waals surface area contributed by atoms with Crippen LogP contribution < -0.4 is 0 Å². The molecule has 2 heterocycles. The van der Waals surface area contributed by atoms with E-state index in [1.165, 1.54) is 57.4 Å². The van der Waals surface area contributed by atoms with Gasteiger partial charge >= 0.3 is 0 Å². The summed E-state index contributed by atoms with van der Waals surface area (Å²) in [7, 11) is 0. The van der Waals surface area contributed by atoms with Crippen LogP contribution in [0, 0.1) is 5.92 Å². The molecule has 2 aliphatic rings.